The van der Waals surface area contributed by atoms with E-state index in [1.165, 1.54) is 65.9 Å². The van der Waals surface area contributed by atoms with Gasteiger partial charge < -0.3 is 10.6 Å². The molecule has 1 aromatic heterocycles. The van der Waals surface area contributed by atoms with E-state index in [1.54, 1.807) is 11.4 Å². The maximum atomic E-state index is 13.7. The molecule has 0 aliphatic carbocycles. The summed E-state index contributed by atoms with van der Waals surface area (Å²) in [5, 5.41) is 7.94. The van der Waals surface area contributed by atoms with Gasteiger partial charge >= 0.3 is 0 Å². The molecule has 0 saturated carbocycles. The molecule has 0 saturated heterocycles. The molecule has 46 heavy (non-hydrogen) atoms. The number of benzene rings is 4. The molecule has 6 nitrogen and oxygen atoms in total. The largest absolute Gasteiger partial charge is 0.322 e. The molecule has 1 aliphatic heterocycles. The summed E-state index contributed by atoms with van der Waals surface area (Å²) in [7, 11) is -3.88. The van der Waals surface area contributed by atoms with Gasteiger partial charge in [-0.25, -0.2) is 26.0 Å². The maximum absolute atomic E-state index is 13.7. The summed E-state index contributed by atoms with van der Waals surface area (Å²) < 4.78 is 77.5. The first-order valence-corrected chi connectivity index (χ1v) is 15.5. The fourth-order valence-corrected chi connectivity index (χ4v) is 6.68. The lowest BCUT2D eigenvalue weighted by Gasteiger charge is -2.09. The Morgan fingerprint density at radius 2 is 1.17 bits per heavy atom. The van der Waals surface area contributed by atoms with Crippen LogP contribution in [0.4, 0.5) is 28.9 Å². The molecular weight excluding hydrogens is 687 g/mol. The van der Waals surface area contributed by atoms with Crippen molar-refractivity contribution in [2.45, 2.75) is 19.7 Å². The molecule has 6 rings (SSSR count). The number of sulfone groups is 1. The number of hydrogen-bond acceptors (Lipinski definition) is 5. The van der Waals surface area contributed by atoms with Crippen LogP contribution in [0.25, 0.3) is 16.2 Å². The first kappa shape index (κ1) is 36.2. The minimum absolute atomic E-state index is 0. The number of rotatable bonds is 4. The molecule has 2 amide bonds. The Balaban J connectivity index is 0.000000241. The monoisotopic (exact) mass is 710 g/mol. The molecule has 5 aromatic rings. The van der Waals surface area contributed by atoms with Gasteiger partial charge in [-0.15, -0.1) is 11.3 Å². The molecule has 14 heteroatoms. The summed E-state index contributed by atoms with van der Waals surface area (Å²) in [4.78, 5) is 24.0. The van der Waals surface area contributed by atoms with Crippen molar-refractivity contribution in [3.63, 3.8) is 0 Å². The molecule has 2 N–H and O–H groups in total. The number of carbonyl (C=O) groups excluding carboxylic acids is 2. The van der Waals surface area contributed by atoms with Gasteiger partial charge in [0.2, 0.25) is 9.84 Å². The first-order valence-electron chi connectivity index (χ1n) is 12.3. The van der Waals surface area contributed by atoms with Crippen LogP contribution in [0.5, 0.6) is 0 Å². The molecule has 1 aliphatic rings. The van der Waals surface area contributed by atoms with E-state index in [9.17, 15) is 35.6 Å². The van der Waals surface area contributed by atoms with Crippen molar-refractivity contribution < 1.29 is 35.6 Å². The maximum Gasteiger partial charge on any atom is 0.256 e. The summed E-state index contributed by atoms with van der Waals surface area (Å²) in [6, 6.07) is 14.0. The average Bonchev–Trinajstić information content (AvgIpc) is 3.59. The number of hydrogen-bond donors (Lipinski definition) is 2. The van der Waals surface area contributed by atoms with E-state index in [-0.39, 0.29) is 47.5 Å². The number of carbonyl (C=O) groups is 2. The lowest BCUT2D eigenvalue weighted by atomic mass is 10.1. The van der Waals surface area contributed by atoms with E-state index in [1.807, 2.05) is 0 Å². The normalized spacial score (nSPS) is 12.2. The zero-order chi connectivity index (χ0) is 31.8. The van der Waals surface area contributed by atoms with Gasteiger partial charge in [0.1, 0.15) is 28.2 Å². The molecule has 0 bridgehead atoms. The van der Waals surface area contributed by atoms with E-state index in [0.29, 0.717) is 21.3 Å². The molecule has 0 unspecified atom stereocenters. The molecule has 240 valence electrons. The van der Waals surface area contributed by atoms with E-state index in [4.69, 9.17) is 23.2 Å². The molecular formula is C32H24Cl2F4N2O4S2. The van der Waals surface area contributed by atoms with Crippen LogP contribution in [0.2, 0.25) is 10.0 Å². The lowest BCUT2D eigenvalue weighted by molar-refractivity contribution is 0.101. The predicted octanol–water partition coefficient (Wildman–Crippen LogP) is 9.99. The van der Waals surface area contributed by atoms with Crippen molar-refractivity contribution in [3.05, 3.63) is 128 Å². The number of fused-ring (bicyclic) bond motifs is 2. The Hall–Kier alpha value is -4.23. The summed E-state index contributed by atoms with van der Waals surface area (Å²) in [5.41, 5.74) is 0.923. The highest BCUT2D eigenvalue weighted by Crippen LogP contribution is 2.33. The van der Waals surface area contributed by atoms with Gasteiger partial charge in [0.05, 0.1) is 14.7 Å². The number of nitrogens with one attached hydrogen (secondary N) is 2. The van der Waals surface area contributed by atoms with Gasteiger partial charge in [-0.2, -0.15) is 0 Å². The summed E-state index contributed by atoms with van der Waals surface area (Å²) >= 11 is 12.5. The Morgan fingerprint density at radius 3 is 1.74 bits per heavy atom. The molecule has 4 aromatic carbocycles. The smallest absolute Gasteiger partial charge is 0.256 e. The quantitative estimate of drug-likeness (QED) is 0.182. The van der Waals surface area contributed by atoms with Crippen LogP contribution < -0.4 is 10.6 Å². The summed E-state index contributed by atoms with van der Waals surface area (Å²) in [5.74, 6) is -3.54. The Kier molecular flexibility index (Phi) is 11.4. The topological polar surface area (TPSA) is 92.3 Å². The standard InChI is InChI=1S/C15H8ClF2NO3S.C15H8ClF2NOS.2CH4/c16-11-7-8(1-3-12(11)17)19-15(20)10-2-4-13(18)14-9(10)5-6-23(14,21)22;16-11-7-8(1-3-12(11)17)19-15(20)10-2-4-13(18)14-9(10)5-6-21-14;;/h1-7H,(H,19,20);1-7H,(H,19,20);2*1H4. The predicted molar refractivity (Wildman–Crippen MR) is 177 cm³/mol. The second kappa shape index (κ2) is 14.5. The van der Waals surface area contributed by atoms with E-state index < -0.39 is 44.0 Å². The Morgan fingerprint density at radius 1 is 0.674 bits per heavy atom. The van der Waals surface area contributed by atoms with Gasteiger partial charge in [-0.3, -0.25) is 9.59 Å². The van der Waals surface area contributed by atoms with E-state index >= 15 is 0 Å². The van der Waals surface area contributed by atoms with Crippen molar-refractivity contribution >= 4 is 83.7 Å². The SMILES string of the molecule is C.C.O=C(Nc1ccc(F)c(Cl)c1)c1ccc(F)c2c1C=CS2(=O)=O.O=C(Nc1ccc(F)c(Cl)c1)c1ccc(F)c2sccc12. The third-order valence-corrected chi connectivity index (χ3v) is 9.24. The second-order valence-corrected chi connectivity index (χ2v) is 12.6. The van der Waals surface area contributed by atoms with Crippen molar-refractivity contribution in [2.24, 2.45) is 0 Å². The van der Waals surface area contributed by atoms with Crippen molar-refractivity contribution in [1.82, 2.24) is 0 Å². The third kappa shape index (κ3) is 7.42. The fraction of sp³-hybridized carbons (Fsp3) is 0.0625. The first-order chi connectivity index (χ1) is 20.9. The highest BCUT2D eigenvalue weighted by Gasteiger charge is 2.29. The number of amides is 2. The van der Waals surface area contributed by atoms with Crippen LogP contribution in [0.15, 0.2) is 82.4 Å². The van der Waals surface area contributed by atoms with Crippen molar-refractivity contribution in [3.8, 4) is 0 Å². The van der Waals surface area contributed by atoms with Crippen LogP contribution >= 0.6 is 34.5 Å². The highest BCUT2D eigenvalue weighted by molar-refractivity contribution is 7.94. The van der Waals surface area contributed by atoms with Crippen molar-refractivity contribution in [1.29, 1.82) is 0 Å². The number of thiophene rings is 1. The third-order valence-electron chi connectivity index (χ3n) is 6.26. The number of anilines is 2. The van der Waals surface area contributed by atoms with Gasteiger partial charge in [-0.05, 0) is 78.2 Å². The summed E-state index contributed by atoms with van der Waals surface area (Å²) in [6.45, 7) is 0. The minimum atomic E-state index is -3.88. The minimum Gasteiger partial charge on any atom is -0.322 e. The number of halogens is 6. The average molecular weight is 712 g/mol. The van der Waals surface area contributed by atoms with Crippen LogP contribution in [0, 0.1) is 23.3 Å². The fourth-order valence-electron chi connectivity index (χ4n) is 4.22. The lowest BCUT2D eigenvalue weighted by Crippen LogP contribution is -2.14. The molecule has 2 heterocycles. The Bertz CT molecular complexity index is 2120. The Labute approximate surface area is 276 Å². The zero-order valence-corrected chi connectivity index (χ0v) is 24.9. The molecule has 0 atom stereocenters. The van der Waals surface area contributed by atoms with E-state index in [2.05, 4.69) is 10.6 Å². The summed E-state index contributed by atoms with van der Waals surface area (Å²) in [6.07, 6.45) is 1.17. The van der Waals surface area contributed by atoms with Crippen LogP contribution in [-0.2, 0) is 9.84 Å². The zero-order valence-electron chi connectivity index (χ0n) is 21.8. The highest BCUT2D eigenvalue weighted by atomic mass is 35.5. The van der Waals surface area contributed by atoms with Crippen LogP contribution in [0.3, 0.4) is 0 Å². The van der Waals surface area contributed by atoms with Gasteiger partial charge in [-0.1, -0.05) is 38.1 Å². The van der Waals surface area contributed by atoms with E-state index in [0.717, 1.165) is 17.5 Å². The second-order valence-electron chi connectivity index (χ2n) is 9.11. The molecule has 0 radical (unpaired) electrons. The van der Waals surface area contributed by atoms with Gasteiger partial charge in [0, 0.05) is 38.9 Å². The van der Waals surface area contributed by atoms with Crippen LogP contribution in [-0.4, -0.2) is 20.2 Å². The van der Waals surface area contributed by atoms with Gasteiger partial charge in [0.25, 0.3) is 11.8 Å². The van der Waals surface area contributed by atoms with Crippen molar-refractivity contribution in [2.75, 3.05) is 10.6 Å². The van der Waals surface area contributed by atoms with Crippen LogP contribution in [0.1, 0.15) is 41.1 Å². The molecule has 0 fully saturated rings. The van der Waals surface area contributed by atoms with Gasteiger partial charge in [0.15, 0.2) is 0 Å². The molecule has 0 spiro atoms.